The number of anilines is 1. The maximum Gasteiger partial charge on any atom is 0.335 e. The topological polar surface area (TPSA) is 102 Å². The van der Waals surface area contributed by atoms with Crippen LogP contribution in [0, 0.1) is 0 Å². The van der Waals surface area contributed by atoms with Crippen LogP contribution in [-0.4, -0.2) is 28.7 Å². The van der Waals surface area contributed by atoms with Gasteiger partial charge >= 0.3 is 5.97 Å². The summed E-state index contributed by atoms with van der Waals surface area (Å²) in [4.78, 5) is 23.3. The number of aromatic carboxylic acids is 1. The molecule has 0 saturated heterocycles. The highest BCUT2D eigenvalue weighted by Gasteiger charge is 2.15. The Labute approximate surface area is 149 Å². The van der Waals surface area contributed by atoms with Gasteiger partial charge in [0.15, 0.2) is 11.5 Å². The fourth-order valence-electron chi connectivity index (χ4n) is 2.33. The first kappa shape index (κ1) is 17.2. The van der Waals surface area contributed by atoms with Gasteiger partial charge in [-0.05, 0) is 49.4 Å². The Morgan fingerprint density at radius 1 is 1.15 bits per heavy atom. The van der Waals surface area contributed by atoms with E-state index in [-0.39, 0.29) is 11.3 Å². The summed E-state index contributed by atoms with van der Waals surface area (Å²) in [5.74, 6) is -0.377. The quantitative estimate of drug-likeness (QED) is 0.701. The molecule has 1 heterocycles. The van der Waals surface area contributed by atoms with Crippen LogP contribution in [0.1, 0.15) is 27.8 Å². The van der Waals surface area contributed by atoms with Gasteiger partial charge in [-0.2, -0.15) is 0 Å². The van der Waals surface area contributed by atoms with Crippen molar-refractivity contribution in [1.29, 1.82) is 0 Å². The van der Waals surface area contributed by atoms with Crippen LogP contribution in [-0.2, 0) is 0 Å². The van der Waals surface area contributed by atoms with Crippen molar-refractivity contribution in [1.82, 2.24) is 5.16 Å². The Hall–Kier alpha value is -3.61. The summed E-state index contributed by atoms with van der Waals surface area (Å²) in [6, 6.07) is 14.7. The highest BCUT2D eigenvalue weighted by Crippen LogP contribution is 2.23. The summed E-state index contributed by atoms with van der Waals surface area (Å²) in [5, 5.41) is 15.4. The largest absolute Gasteiger partial charge is 0.494 e. The number of carbonyl (C=O) groups excluding carboxylic acids is 1. The van der Waals surface area contributed by atoms with Gasteiger partial charge in [-0.25, -0.2) is 4.79 Å². The molecule has 132 valence electrons. The lowest BCUT2D eigenvalue weighted by atomic mass is 10.1. The molecule has 1 aromatic heterocycles. The molecule has 0 aliphatic rings. The number of carbonyl (C=O) groups is 2. The Kier molecular flexibility index (Phi) is 4.98. The van der Waals surface area contributed by atoms with E-state index < -0.39 is 11.9 Å². The number of carboxylic acids is 1. The van der Waals surface area contributed by atoms with Crippen molar-refractivity contribution in [3.8, 4) is 17.1 Å². The van der Waals surface area contributed by atoms with Crippen molar-refractivity contribution in [3.05, 3.63) is 65.9 Å². The lowest BCUT2D eigenvalue weighted by molar-refractivity contribution is 0.0696. The van der Waals surface area contributed by atoms with Crippen molar-refractivity contribution in [2.75, 3.05) is 11.9 Å². The number of carboxylic acid groups (broad SMARTS) is 1. The average Bonchev–Trinajstić information content (AvgIpc) is 3.13. The predicted molar refractivity (Wildman–Crippen MR) is 94.5 cm³/mol. The summed E-state index contributed by atoms with van der Waals surface area (Å²) in [6.45, 7) is 2.48. The third-order valence-electron chi connectivity index (χ3n) is 3.56. The van der Waals surface area contributed by atoms with Crippen LogP contribution in [0.4, 0.5) is 5.69 Å². The van der Waals surface area contributed by atoms with Gasteiger partial charge in [0, 0.05) is 17.3 Å². The van der Waals surface area contributed by atoms with Crippen LogP contribution in [0.25, 0.3) is 11.3 Å². The maximum atomic E-state index is 12.3. The molecule has 2 aromatic carbocycles. The second-order valence-electron chi connectivity index (χ2n) is 5.37. The minimum Gasteiger partial charge on any atom is -0.494 e. The number of hydrogen-bond acceptors (Lipinski definition) is 5. The molecular formula is C19H16N2O5. The molecule has 0 atom stereocenters. The monoisotopic (exact) mass is 352 g/mol. The second-order valence-corrected chi connectivity index (χ2v) is 5.37. The molecule has 0 spiro atoms. The van der Waals surface area contributed by atoms with E-state index in [1.807, 2.05) is 19.1 Å². The Bertz CT molecular complexity index is 931. The van der Waals surface area contributed by atoms with E-state index in [1.165, 1.54) is 18.2 Å². The van der Waals surface area contributed by atoms with Gasteiger partial charge in [0.05, 0.1) is 12.2 Å². The lowest BCUT2D eigenvalue weighted by Crippen LogP contribution is -2.12. The number of nitrogens with zero attached hydrogens (tertiary/aromatic N) is 1. The second kappa shape index (κ2) is 7.52. The lowest BCUT2D eigenvalue weighted by Gasteiger charge is -2.03. The molecule has 0 aliphatic carbocycles. The van der Waals surface area contributed by atoms with Gasteiger partial charge in [0.25, 0.3) is 5.91 Å². The Balaban J connectivity index is 1.73. The molecule has 1 amide bonds. The van der Waals surface area contributed by atoms with Crippen molar-refractivity contribution in [3.63, 3.8) is 0 Å². The first-order valence-corrected chi connectivity index (χ1v) is 7.91. The van der Waals surface area contributed by atoms with Crippen molar-refractivity contribution >= 4 is 17.6 Å². The molecule has 7 heteroatoms. The number of benzene rings is 2. The third-order valence-corrected chi connectivity index (χ3v) is 3.56. The summed E-state index contributed by atoms with van der Waals surface area (Å²) in [7, 11) is 0. The van der Waals surface area contributed by atoms with E-state index in [0.717, 1.165) is 11.3 Å². The van der Waals surface area contributed by atoms with Gasteiger partial charge < -0.3 is 19.7 Å². The highest BCUT2D eigenvalue weighted by atomic mass is 16.5. The van der Waals surface area contributed by atoms with Crippen LogP contribution in [0.3, 0.4) is 0 Å². The zero-order valence-electron chi connectivity index (χ0n) is 13.9. The van der Waals surface area contributed by atoms with Crippen LogP contribution in [0.15, 0.2) is 59.1 Å². The fraction of sp³-hybridized carbons (Fsp3) is 0.105. The summed E-state index contributed by atoms with van der Waals surface area (Å²) in [6.07, 6.45) is 0. The predicted octanol–water partition coefficient (Wildman–Crippen LogP) is 3.69. The van der Waals surface area contributed by atoms with Gasteiger partial charge in [0.2, 0.25) is 0 Å². The van der Waals surface area contributed by atoms with Crippen LogP contribution in [0.5, 0.6) is 5.75 Å². The molecule has 26 heavy (non-hydrogen) atoms. The van der Waals surface area contributed by atoms with Gasteiger partial charge in [-0.1, -0.05) is 11.2 Å². The minimum absolute atomic E-state index is 0.0815. The van der Waals surface area contributed by atoms with Crippen LogP contribution in [0.2, 0.25) is 0 Å². The summed E-state index contributed by atoms with van der Waals surface area (Å²) in [5.41, 5.74) is 1.29. The highest BCUT2D eigenvalue weighted by molar-refractivity contribution is 6.03. The first-order valence-electron chi connectivity index (χ1n) is 7.91. The van der Waals surface area contributed by atoms with Crippen LogP contribution < -0.4 is 10.1 Å². The number of nitrogens with one attached hydrogen (secondary N) is 1. The maximum absolute atomic E-state index is 12.3. The molecule has 2 N–H and O–H groups in total. The van der Waals surface area contributed by atoms with Crippen LogP contribution >= 0.6 is 0 Å². The molecule has 0 saturated carbocycles. The number of hydrogen-bond donors (Lipinski definition) is 2. The molecule has 7 nitrogen and oxygen atoms in total. The first-order chi connectivity index (χ1) is 12.6. The number of aromatic nitrogens is 1. The van der Waals surface area contributed by atoms with E-state index in [4.69, 9.17) is 14.4 Å². The SMILES string of the molecule is CCOc1ccc(-c2cc(C(=O)Nc3cccc(C(=O)O)c3)no2)cc1. The average molecular weight is 352 g/mol. The van der Waals surface area contributed by atoms with E-state index in [2.05, 4.69) is 10.5 Å². The van der Waals surface area contributed by atoms with E-state index in [1.54, 1.807) is 24.3 Å². The van der Waals surface area contributed by atoms with Crippen molar-refractivity contribution in [2.24, 2.45) is 0 Å². The normalized spacial score (nSPS) is 10.3. The molecule has 0 radical (unpaired) electrons. The Morgan fingerprint density at radius 2 is 1.92 bits per heavy atom. The van der Waals surface area contributed by atoms with E-state index in [0.29, 0.717) is 18.1 Å². The smallest absolute Gasteiger partial charge is 0.335 e. The van der Waals surface area contributed by atoms with Gasteiger partial charge in [-0.3, -0.25) is 4.79 Å². The molecule has 0 fully saturated rings. The number of rotatable bonds is 6. The molecule has 3 rings (SSSR count). The van der Waals surface area contributed by atoms with Gasteiger partial charge in [-0.15, -0.1) is 0 Å². The number of amides is 1. The van der Waals surface area contributed by atoms with Crippen molar-refractivity contribution in [2.45, 2.75) is 6.92 Å². The number of ether oxygens (including phenoxy) is 1. The molecule has 3 aromatic rings. The third kappa shape index (κ3) is 3.89. The molecular weight excluding hydrogens is 336 g/mol. The zero-order chi connectivity index (χ0) is 18.5. The Morgan fingerprint density at radius 3 is 2.62 bits per heavy atom. The molecule has 0 unspecified atom stereocenters. The minimum atomic E-state index is -1.07. The fourth-order valence-corrected chi connectivity index (χ4v) is 2.33. The molecule has 0 aliphatic heterocycles. The summed E-state index contributed by atoms with van der Waals surface area (Å²) >= 11 is 0. The zero-order valence-corrected chi connectivity index (χ0v) is 13.9. The standard InChI is InChI=1S/C19H16N2O5/c1-2-25-15-8-6-12(7-9-15)17-11-16(21-26-17)18(22)20-14-5-3-4-13(10-14)19(23)24/h3-11H,2H2,1H3,(H,20,22)(H,23,24). The molecule has 0 bridgehead atoms. The summed E-state index contributed by atoms with van der Waals surface area (Å²) < 4.78 is 10.6. The van der Waals surface area contributed by atoms with E-state index >= 15 is 0 Å². The van der Waals surface area contributed by atoms with Crippen molar-refractivity contribution < 1.29 is 24.0 Å². The van der Waals surface area contributed by atoms with Gasteiger partial charge in [0.1, 0.15) is 5.75 Å². The van der Waals surface area contributed by atoms with E-state index in [9.17, 15) is 9.59 Å².